The zero-order chi connectivity index (χ0) is 19.8. The van der Waals surface area contributed by atoms with E-state index in [9.17, 15) is 9.90 Å². The van der Waals surface area contributed by atoms with Gasteiger partial charge in [0.05, 0.1) is 11.9 Å². The molecule has 3 N–H and O–H groups in total. The summed E-state index contributed by atoms with van der Waals surface area (Å²) in [5.74, 6) is 0.222. The lowest BCUT2D eigenvalue weighted by atomic mass is 9.78. The van der Waals surface area contributed by atoms with Crippen molar-refractivity contribution < 1.29 is 9.90 Å². The molecule has 2 fully saturated rings. The van der Waals surface area contributed by atoms with Gasteiger partial charge < -0.3 is 10.4 Å². The molecule has 2 aliphatic heterocycles. The van der Waals surface area contributed by atoms with Gasteiger partial charge >= 0.3 is 0 Å². The van der Waals surface area contributed by atoms with Crippen LogP contribution in [-0.4, -0.2) is 43.4 Å². The number of nitrogens with one attached hydrogen (secondary N) is 2. The largest absolute Gasteiger partial charge is 0.507 e. The Morgan fingerprint density at radius 2 is 1.86 bits per heavy atom. The van der Waals surface area contributed by atoms with Crippen LogP contribution < -0.4 is 5.32 Å². The Morgan fingerprint density at radius 3 is 2.52 bits per heavy atom. The molecule has 2 aliphatic rings. The maximum atomic E-state index is 12.9. The number of hydrogen-bond acceptors (Lipinski definition) is 6. The highest BCUT2D eigenvalue weighted by atomic mass is 16.3. The second-order valence-electron chi connectivity index (χ2n) is 8.05. The van der Waals surface area contributed by atoms with Crippen molar-refractivity contribution in [2.75, 3.05) is 0 Å². The van der Waals surface area contributed by atoms with Crippen LogP contribution in [0.5, 0.6) is 5.75 Å². The summed E-state index contributed by atoms with van der Waals surface area (Å²) in [5.41, 5.74) is 3.29. The van der Waals surface area contributed by atoms with E-state index >= 15 is 0 Å². The maximum absolute atomic E-state index is 12.9. The fourth-order valence-corrected chi connectivity index (χ4v) is 4.63. The van der Waals surface area contributed by atoms with Crippen LogP contribution in [0.2, 0.25) is 0 Å². The van der Waals surface area contributed by atoms with Gasteiger partial charge in [-0.1, -0.05) is 12.5 Å². The van der Waals surface area contributed by atoms with Crippen LogP contribution in [0.15, 0.2) is 42.7 Å². The summed E-state index contributed by atoms with van der Waals surface area (Å²) >= 11 is 0. The minimum atomic E-state index is 0.0225. The number of piperidine rings is 2. The zero-order valence-electron chi connectivity index (χ0n) is 16.0. The van der Waals surface area contributed by atoms with Gasteiger partial charge in [-0.25, -0.2) is 0 Å². The molecule has 2 aromatic heterocycles. The predicted molar refractivity (Wildman–Crippen MR) is 108 cm³/mol. The van der Waals surface area contributed by atoms with Crippen molar-refractivity contribution in [1.29, 1.82) is 0 Å². The van der Waals surface area contributed by atoms with Gasteiger partial charge in [0.2, 0.25) is 0 Å². The average molecular weight is 389 g/mol. The van der Waals surface area contributed by atoms with Gasteiger partial charge in [0.25, 0.3) is 0 Å². The van der Waals surface area contributed by atoms with Crippen LogP contribution in [0.4, 0.5) is 0 Å². The molecule has 1 unspecified atom stereocenters. The Morgan fingerprint density at radius 1 is 1.03 bits per heavy atom. The molecule has 29 heavy (non-hydrogen) atoms. The highest BCUT2D eigenvalue weighted by Crippen LogP contribution is 2.33. The predicted octanol–water partition coefficient (Wildman–Crippen LogP) is 3.34. The molecule has 1 aromatic carbocycles. The first-order chi connectivity index (χ1) is 14.2. The quantitative estimate of drug-likeness (QED) is 0.591. The SMILES string of the molecule is O=C(c1ccc(-c2ccc(-c3cn[nH]c3)cc2O)nn1)C1C[C@H]2CCC[C@@H](C1)N2. The number of nitrogens with zero attached hydrogens (tertiary/aromatic N) is 3. The normalized spacial score (nSPS) is 23.7. The van der Waals surface area contributed by atoms with E-state index in [0.29, 0.717) is 29.0 Å². The third-order valence-electron chi connectivity index (χ3n) is 6.11. The fourth-order valence-electron chi connectivity index (χ4n) is 4.63. The van der Waals surface area contributed by atoms with Crippen LogP contribution >= 0.6 is 0 Å². The summed E-state index contributed by atoms with van der Waals surface area (Å²) in [6.45, 7) is 0. The van der Waals surface area contributed by atoms with Crippen LogP contribution in [0.1, 0.15) is 42.6 Å². The number of fused-ring (bicyclic) bond motifs is 2. The van der Waals surface area contributed by atoms with E-state index in [1.807, 2.05) is 6.07 Å². The van der Waals surface area contributed by atoms with Crippen molar-refractivity contribution in [2.45, 2.75) is 44.2 Å². The Balaban J connectivity index is 1.34. The van der Waals surface area contributed by atoms with Crippen LogP contribution in [0, 0.1) is 5.92 Å². The number of aromatic amines is 1. The fraction of sp³-hybridized carbons (Fsp3) is 0.364. The number of H-pyrrole nitrogens is 1. The van der Waals surface area contributed by atoms with E-state index in [2.05, 4.69) is 25.7 Å². The molecule has 0 radical (unpaired) electrons. The standard InChI is InChI=1S/C22H23N5O2/c28-21-10-13(15-11-23-24-12-15)4-5-18(21)19-6-7-20(27-26-19)22(29)14-8-16-2-1-3-17(9-14)25-16/h4-7,10-12,14,16-17,25,28H,1-3,8-9H2,(H,23,24)/t14?,16-,17+. The summed E-state index contributed by atoms with van der Waals surface area (Å²) in [5, 5.41) is 29.2. The number of aromatic hydroxyl groups is 1. The summed E-state index contributed by atoms with van der Waals surface area (Å²) in [4.78, 5) is 12.9. The van der Waals surface area contributed by atoms with Gasteiger partial charge in [0, 0.05) is 35.3 Å². The molecule has 7 heteroatoms. The van der Waals surface area contributed by atoms with Gasteiger partial charge in [-0.05, 0) is 55.5 Å². The molecule has 2 saturated heterocycles. The first-order valence-electron chi connectivity index (χ1n) is 10.1. The number of hydrogen-bond donors (Lipinski definition) is 3. The molecule has 3 aromatic rings. The number of phenolic OH excluding ortho intramolecular Hbond substituents is 1. The van der Waals surface area contributed by atoms with Gasteiger partial charge in [-0.3, -0.25) is 9.89 Å². The minimum Gasteiger partial charge on any atom is -0.507 e. The summed E-state index contributed by atoms with van der Waals surface area (Å²) in [6, 6.07) is 9.77. The maximum Gasteiger partial charge on any atom is 0.186 e. The molecule has 7 nitrogen and oxygen atoms in total. The molecule has 0 saturated carbocycles. The van der Waals surface area contributed by atoms with Crippen LogP contribution in [0.3, 0.4) is 0 Å². The zero-order valence-corrected chi connectivity index (χ0v) is 16.0. The summed E-state index contributed by atoms with van der Waals surface area (Å²) < 4.78 is 0. The van der Waals surface area contributed by atoms with E-state index < -0.39 is 0 Å². The second kappa shape index (κ2) is 7.40. The van der Waals surface area contributed by atoms with E-state index in [1.54, 1.807) is 36.7 Å². The van der Waals surface area contributed by atoms with Crippen molar-refractivity contribution in [3.05, 3.63) is 48.4 Å². The van der Waals surface area contributed by atoms with Crippen molar-refractivity contribution in [3.8, 4) is 28.1 Å². The van der Waals surface area contributed by atoms with Gasteiger partial charge in [0.15, 0.2) is 5.78 Å². The first-order valence-corrected chi connectivity index (χ1v) is 10.1. The molecule has 5 rings (SSSR count). The lowest BCUT2D eigenvalue weighted by molar-refractivity contribution is 0.0819. The van der Waals surface area contributed by atoms with Crippen LogP contribution in [-0.2, 0) is 0 Å². The highest BCUT2D eigenvalue weighted by molar-refractivity contribution is 5.96. The number of carbonyl (C=O) groups is 1. The van der Waals surface area contributed by atoms with Gasteiger partial charge in [0.1, 0.15) is 11.4 Å². The van der Waals surface area contributed by atoms with E-state index in [4.69, 9.17) is 0 Å². The monoisotopic (exact) mass is 389 g/mol. The average Bonchev–Trinajstić information content (AvgIpc) is 3.28. The third-order valence-corrected chi connectivity index (χ3v) is 6.11. The molecule has 4 heterocycles. The molecule has 0 spiro atoms. The number of phenols is 1. The van der Waals surface area contributed by atoms with E-state index in [-0.39, 0.29) is 17.5 Å². The molecule has 148 valence electrons. The number of rotatable bonds is 4. The van der Waals surface area contributed by atoms with Crippen molar-refractivity contribution in [1.82, 2.24) is 25.7 Å². The number of benzene rings is 1. The topological polar surface area (TPSA) is 104 Å². The van der Waals surface area contributed by atoms with Crippen molar-refractivity contribution in [3.63, 3.8) is 0 Å². The van der Waals surface area contributed by atoms with Crippen molar-refractivity contribution >= 4 is 5.78 Å². The Labute approximate surface area is 168 Å². The van der Waals surface area contributed by atoms with Gasteiger partial charge in [-0.2, -0.15) is 5.10 Å². The molecule has 2 bridgehead atoms. The number of ketones is 1. The molecule has 3 atom stereocenters. The molecule has 0 aliphatic carbocycles. The number of carbonyl (C=O) groups excluding carboxylic acids is 1. The molecular formula is C22H23N5O2. The lowest BCUT2D eigenvalue weighted by Gasteiger charge is -2.39. The Bertz CT molecular complexity index is 1000. The summed E-state index contributed by atoms with van der Waals surface area (Å²) in [7, 11) is 0. The minimum absolute atomic E-state index is 0.0225. The van der Waals surface area contributed by atoms with Crippen molar-refractivity contribution in [2.24, 2.45) is 5.92 Å². The summed E-state index contributed by atoms with van der Waals surface area (Å²) in [6.07, 6.45) is 8.79. The second-order valence-corrected chi connectivity index (χ2v) is 8.05. The number of Topliss-reactive ketones (excluding diaryl/α,β-unsaturated/α-hetero) is 1. The highest BCUT2D eigenvalue weighted by Gasteiger charge is 2.35. The van der Waals surface area contributed by atoms with Gasteiger partial charge in [-0.15, -0.1) is 10.2 Å². The molecule has 0 amide bonds. The molecular weight excluding hydrogens is 366 g/mol. The van der Waals surface area contributed by atoms with E-state index in [0.717, 1.165) is 36.8 Å². The number of aromatic nitrogens is 4. The lowest BCUT2D eigenvalue weighted by Crippen LogP contribution is -2.50. The first kappa shape index (κ1) is 18.0. The third kappa shape index (κ3) is 3.53. The smallest absolute Gasteiger partial charge is 0.186 e. The Kier molecular flexibility index (Phi) is 4.60. The Hall–Kier alpha value is -3.06. The van der Waals surface area contributed by atoms with E-state index in [1.165, 1.54) is 6.42 Å². The van der Waals surface area contributed by atoms with Crippen LogP contribution in [0.25, 0.3) is 22.4 Å².